The van der Waals surface area contributed by atoms with E-state index in [0.29, 0.717) is 5.57 Å². The molecule has 4 heteroatoms. The number of pyridine rings is 1. The number of hydrogen-bond acceptors (Lipinski definition) is 2. The number of fused-ring (bicyclic) bond motifs is 1. The number of rotatable bonds is 2. The van der Waals surface area contributed by atoms with E-state index in [2.05, 4.69) is 21.4 Å². The van der Waals surface area contributed by atoms with Crippen LogP contribution in [-0.2, 0) is 4.79 Å². The van der Waals surface area contributed by atoms with E-state index in [-0.39, 0.29) is 5.91 Å². The van der Waals surface area contributed by atoms with Crippen molar-refractivity contribution in [3.8, 4) is 11.3 Å². The molecule has 1 amide bonds. The lowest BCUT2D eigenvalue weighted by molar-refractivity contribution is -0.110. The Morgan fingerprint density at radius 2 is 1.96 bits per heavy atom. The van der Waals surface area contributed by atoms with Crippen molar-refractivity contribution < 1.29 is 4.79 Å². The minimum atomic E-state index is -0.0742. The van der Waals surface area contributed by atoms with Crippen LogP contribution in [0.2, 0.25) is 0 Å². The quantitative estimate of drug-likeness (QED) is 0.697. The molecule has 3 heterocycles. The van der Waals surface area contributed by atoms with Gasteiger partial charge in [0.1, 0.15) is 0 Å². The molecule has 1 aromatic carbocycles. The molecule has 3 aromatic rings. The fourth-order valence-electron chi connectivity index (χ4n) is 3.07. The first kappa shape index (κ1) is 14.5. The molecule has 2 N–H and O–H groups in total. The van der Waals surface area contributed by atoms with Gasteiger partial charge >= 0.3 is 0 Å². The minimum Gasteiger partial charge on any atom is -0.359 e. The van der Waals surface area contributed by atoms with E-state index in [1.54, 1.807) is 6.20 Å². The van der Waals surface area contributed by atoms with Crippen molar-refractivity contribution >= 4 is 23.2 Å². The smallest absolute Gasteiger partial charge is 0.256 e. The third-order valence-electron chi connectivity index (χ3n) is 4.24. The summed E-state index contributed by atoms with van der Waals surface area (Å²) < 4.78 is 0. The molecule has 4 rings (SSSR count). The largest absolute Gasteiger partial charge is 0.359 e. The summed E-state index contributed by atoms with van der Waals surface area (Å²) in [5.41, 5.74) is 7.49. The Kier molecular flexibility index (Phi) is 3.31. The molecule has 0 saturated carbocycles. The summed E-state index contributed by atoms with van der Waals surface area (Å²) in [5.74, 6) is -0.0742. The highest BCUT2D eigenvalue weighted by atomic mass is 16.2. The summed E-state index contributed by atoms with van der Waals surface area (Å²) in [6.07, 6.45) is 3.69. The number of nitrogens with one attached hydrogen (secondary N) is 2. The molecular weight excluding hydrogens is 298 g/mol. The normalized spacial score (nSPS) is 14.8. The summed E-state index contributed by atoms with van der Waals surface area (Å²) in [5, 5.41) is 2.93. The Balaban J connectivity index is 1.83. The van der Waals surface area contributed by atoms with Crippen molar-refractivity contribution in [2.45, 2.75) is 13.8 Å². The number of anilines is 1. The maximum Gasteiger partial charge on any atom is 0.256 e. The Morgan fingerprint density at radius 3 is 2.67 bits per heavy atom. The maximum absolute atomic E-state index is 12.4. The maximum atomic E-state index is 12.4. The lowest BCUT2D eigenvalue weighted by Gasteiger charge is -2.04. The molecule has 0 aliphatic carbocycles. The van der Waals surface area contributed by atoms with E-state index >= 15 is 0 Å². The minimum absolute atomic E-state index is 0.0742. The average molecular weight is 315 g/mol. The standard InChI is InChI=1S/C20H17N3O/c1-12-9-13(2)22-19(12)11-16-15-10-14(17-5-3-4-8-21-17)6-7-18(15)23-20(16)24/h3-11,22H,1-2H3,(H,23,24)/b16-11-. The van der Waals surface area contributed by atoms with Crippen LogP contribution in [0.25, 0.3) is 22.9 Å². The molecule has 0 unspecified atom stereocenters. The van der Waals surface area contributed by atoms with Gasteiger partial charge in [-0.1, -0.05) is 12.1 Å². The number of carbonyl (C=O) groups is 1. The van der Waals surface area contributed by atoms with Crippen LogP contribution >= 0.6 is 0 Å². The number of H-pyrrole nitrogens is 1. The van der Waals surface area contributed by atoms with Gasteiger partial charge in [-0.05, 0) is 55.8 Å². The van der Waals surface area contributed by atoms with Crippen LogP contribution in [-0.4, -0.2) is 15.9 Å². The number of nitrogens with zero attached hydrogens (tertiary/aromatic N) is 1. The number of aromatic amines is 1. The van der Waals surface area contributed by atoms with Gasteiger partial charge in [0, 0.05) is 34.4 Å². The number of benzene rings is 1. The first-order chi connectivity index (χ1) is 11.6. The Morgan fingerprint density at radius 1 is 1.08 bits per heavy atom. The molecule has 118 valence electrons. The van der Waals surface area contributed by atoms with Gasteiger partial charge in [0.2, 0.25) is 0 Å². The van der Waals surface area contributed by atoms with Gasteiger partial charge in [-0.3, -0.25) is 9.78 Å². The number of aromatic nitrogens is 2. The zero-order chi connectivity index (χ0) is 16.7. The van der Waals surface area contributed by atoms with Crippen LogP contribution in [0.5, 0.6) is 0 Å². The number of amides is 1. The Bertz CT molecular complexity index is 968. The number of carbonyl (C=O) groups excluding carboxylic acids is 1. The summed E-state index contributed by atoms with van der Waals surface area (Å²) in [6.45, 7) is 4.05. The Hall–Kier alpha value is -3.14. The number of aryl methyl sites for hydroxylation is 2. The average Bonchev–Trinajstić information content (AvgIpc) is 3.07. The molecule has 0 atom stereocenters. The topological polar surface area (TPSA) is 57.8 Å². The molecule has 24 heavy (non-hydrogen) atoms. The predicted molar refractivity (Wildman–Crippen MR) is 96.4 cm³/mol. The van der Waals surface area contributed by atoms with Gasteiger partial charge in [-0.15, -0.1) is 0 Å². The highest BCUT2D eigenvalue weighted by Gasteiger charge is 2.25. The summed E-state index contributed by atoms with van der Waals surface area (Å²) in [6, 6.07) is 13.8. The van der Waals surface area contributed by atoms with E-state index in [0.717, 1.165) is 39.5 Å². The third kappa shape index (κ3) is 2.42. The highest BCUT2D eigenvalue weighted by Crippen LogP contribution is 2.36. The lowest BCUT2D eigenvalue weighted by Crippen LogP contribution is -2.03. The number of hydrogen-bond donors (Lipinski definition) is 2. The van der Waals surface area contributed by atoms with Gasteiger partial charge in [-0.25, -0.2) is 0 Å². The Labute approximate surface area is 140 Å². The second kappa shape index (κ2) is 5.49. The SMILES string of the molecule is Cc1cc(C)c(/C=C2\C(=O)Nc3ccc(-c4ccccn4)cc32)[nH]1. The van der Waals surface area contributed by atoms with Crippen molar-refractivity contribution in [1.29, 1.82) is 0 Å². The fourth-order valence-corrected chi connectivity index (χ4v) is 3.07. The predicted octanol–water partition coefficient (Wildman–Crippen LogP) is 4.19. The van der Waals surface area contributed by atoms with Crippen molar-refractivity contribution in [3.05, 3.63) is 71.2 Å². The molecule has 0 radical (unpaired) electrons. The van der Waals surface area contributed by atoms with Crippen molar-refractivity contribution in [2.24, 2.45) is 0 Å². The van der Waals surface area contributed by atoms with Crippen LogP contribution in [0, 0.1) is 13.8 Å². The van der Waals surface area contributed by atoms with E-state index in [1.165, 1.54) is 0 Å². The van der Waals surface area contributed by atoms with E-state index in [9.17, 15) is 4.79 Å². The van der Waals surface area contributed by atoms with Gasteiger partial charge in [0.15, 0.2) is 0 Å². The van der Waals surface area contributed by atoms with Crippen molar-refractivity contribution in [1.82, 2.24) is 9.97 Å². The molecule has 0 bridgehead atoms. The van der Waals surface area contributed by atoms with Gasteiger partial charge < -0.3 is 10.3 Å². The van der Waals surface area contributed by atoms with Gasteiger partial charge in [0.25, 0.3) is 5.91 Å². The lowest BCUT2D eigenvalue weighted by atomic mass is 10.0. The second-order valence-electron chi connectivity index (χ2n) is 6.04. The molecule has 1 aliphatic rings. The van der Waals surface area contributed by atoms with Crippen LogP contribution in [0.3, 0.4) is 0 Å². The van der Waals surface area contributed by atoms with E-state index < -0.39 is 0 Å². The fraction of sp³-hybridized carbons (Fsp3) is 0.100. The summed E-state index contributed by atoms with van der Waals surface area (Å²) >= 11 is 0. The molecule has 1 aliphatic heterocycles. The third-order valence-corrected chi connectivity index (χ3v) is 4.24. The van der Waals surface area contributed by atoms with Crippen LogP contribution in [0.4, 0.5) is 5.69 Å². The van der Waals surface area contributed by atoms with Crippen LogP contribution < -0.4 is 5.32 Å². The van der Waals surface area contributed by atoms with Crippen LogP contribution in [0.1, 0.15) is 22.5 Å². The molecule has 0 spiro atoms. The van der Waals surface area contributed by atoms with Gasteiger partial charge in [-0.2, -0.15) is 0 Å². The zero-order valence-electron chi connectivity index (χ0n) is 13.6. The van der Waals surface area contributed by atoms with E-state index in [1.807, 2.05) is 56.3 Å². The summed E-state index contributed by atoms with van der Waals surface area (Å²) in [4.78, 5) is 20.1. The molecule has 4 nitrogen and oxygen atoms in total. The summed E-state index contributed by atoms with van der Waals surface area (Å²) in [7, 11) is 0. The molecule has 2 aromatic heterocycles. The monoisotopic (exact) mass is 315 g/mol. The first-order valence-electron chi connectivity index (χ1n) is 7.87. The highest BCUT2D eigenvalue weighted by molar-refractivity contribution is 6.35. The van der Waals surface area contributed by atoms with Crippen molar-refractivity contribution in [2.75, 3.05) is 5.32 Å². The molecule has 0 fully saturated rings. The first-order valence-corrected chi connectivity index (χ1v) is 7.87. The van der Waals surface area contributed by atoms with Gasteiger partial charge in [0.05, 0.1) is 11.3 Å². The van der Waals surface area contributed by atoms with Crippen LogP contribution in [0.15, 0.2) is 48.7 Å². The zero-order valence-corrected chi connectivity index (χ0v) is 13.6. The molecular formula is C20H17N3O. The van der Waals surface area contributed by atoms with Crippen molar-refractivity contribution in [3.63, 3.8) is 0 Å². The molecule has 0 saturated heterocycles. The second-order valence-corrected chi connectivity index (χ2v) is 6.04. The van der Waals surface area contributed by atoms with E-state index in [4.69, 9.17) is 0 Å².